The Kier molecular flexibility index (Phi) is 10.6. The van der Waals surface area contributed by atoms with E-state index in [1.807, 2.05) is 19.6 Å². The van der Waals surface area contributed by atoms with Crippen molar-refractivity contribution in [3.05, 3.63) is 0 Å². The molecule has 0 radical (unpaired) electrons. The molecule has 4 bridgehead atoms. The van der Waals surface area contributed by atoms with Crippen LogP contribution in [0.15, 0.2) is 0 Å². The molecule has 7 atom stereocenters. The Labute approximate surface area is 231 Å². The first-order chi connectivity index (χ1) is 19.1. The van der Waals surface area contributed by atoms with Crippen LogP contribution in [0.5, 0.6) is 0 Å². The molecule has 4 heterocycles. The van der Waals surface area contributed by atoms with Crippen molar-refractivity contribution < 1.29 is 53.4 Å². The highest BCUT2D eigenvalue weighted by molar-refractivity contribution is 5.78. The first-order valence-corrected chi connectivity index (χ1v) is 13.5. The number of ether oxygens (including phenoxy) is 4. The largest absolute Gasteiger partial charge is 0.412 e. The van der Waals surface area contributed by atoms with E-state index in [1.54, 1.807) is 6.92 Å². The summed E-state index contributed by atoms with van der Waals surface area (Å²) in [6, 6.07) is 0. The first-order valence-electron chi connectivity index (χ1n) is 13.5. The van der Waals surface area contributed by atoms with E-state index in [0.29, 0.717) is 52.4 Å². The van der Waals surface area contributed by atoms with Gasteiger partial charge in [-0.3, -0.25) is 38.8 Å². The van der Waals surface area contributed by atoms with Crippen LogP contribution in [0.2, 0.25) is 0 Å². The molecule has 16 heteroatoms. The monoisotopic (exact) mass is 573 g/mol. The van der Waals surface area contributed by atoms with E-state index in [4.69, 9.17) is 18.9 Å². The van der Waals surface area contributed by atoms with Crippen molar-refractivity contribution in [2.45, 2.75) is 38.0 Å². The molecule has 0 aromatic carbocycles. The molecule has 4 saturated heterocycles. The van der Waals surface area contributed by atoms with Gasteiger partial charge in [0, 0.05) is 64.8 Å². The smallest absolute Gasteiger partial charge is 0.390 e. The van der Waals surface area contributed by atoms with Crippen LogP contribution in [-0.2, 0) is 38.1 Å². The fraction of sp³-hybridized carbons (Fsp3) is 0.833. The molecular formula is C24H39N5O11. The van der Waals surface area contributed by atoms with Crippen LogP contribution in [0, 0.1) is 5.92 Å². The number of amides is 1. The fourth-order valence-corrected chi connectivity index (χ4v) is 4.99. The molecule has 0 aromatic rings. The zero-order valence-electron chi connectivity index (χ0n) is 22.6. The van der Waals surface area contributed by atoms with Gasteiger partial charge in [0.05, 0.1) is 32.3 Å². The molecule has 1 amide bonds. The van der Waals surface area contributed by atoms with Crippen molar-refractivity contribution in [1.82, 2.24) is 24.9 Å². The van der Waals surface area contributed by atoms with E-state index in [9.17, 15) is 34.5 Å². The summed E-state index contributed by atoms with van der Waals surface area (Å²) in [5.41, 5.74) is 0. The number of aliphatic hydroxyl groups excluding tert-OH is 3. The second-order valence-corrected chi connectivity index (χ2v) is 10.6. The Morgan fingerprint density at radius 3 is 1.70 bits per heavy atom. The van der Waals surface area contributed by atoms with Crippen molar-refractivity contribution >= 4 is 23.8 Å². The molecule has 0 saturated carbocycles. The van der Waals surface area contributed by atoms with Gasteiger partial charge in [-0.1, -0.05) is 6.92 Å². The summed E-state index contributed by atoms with van der Waals surface area (Å²) in [5.74, 6) is -3.15. The maximum absolute atomic E-state index is 12.8. The van der Waals surface area contributed by atoms with Gasteiger partial charge < -0.3 is 39.6 Å². The molecule has 0 spiro atoms. The molecule has 40 heavy (non-hydrogen) atoms. The third-order valence-corrected chi connectivity index (χ3v) is 7.57. The topological polar surface area (TPSA) is 191 Å². The van der Waals surface area contributed by atoms with E-state index >= 15 is 0 Å². The van der Waals surface area contributed by atoms with E-state index in [-0.39, 0.29) is 38.6 Å². The number of aliphatic hydroxyl groups is 3. The second-order valence-electron chi connectivity index (χ2n) is 10.6. The zero-order chi connectivity index (χ0) is 28.8. The van der Waals surface area contributed by atoms with Gasteiger partial charge in [0.25, 0.3) is 0 Å². The molecule has 4 aliphatic rings. The Hall–Kier alpha value is -2.44. The number of hydrogen-bond donors (Lipinski definition) is 4. The lowest BCUT2D eigenvalue weighted by Gasteiger charge is -2.39. The molecule has 4 N–H and O–H groups in total. The summed E-state index contributed by atoms with van der Waals surface area (Å²) in [5, 5.41) is 33.0. The summed E-state index contributed by atoms with van der Waals surface area (Å²) in [6.45, 7) is 2.84. The highest BCUT2D eigenvalue weighted by Crippen LogP contribution is 2.24. The number of rotatable bonds is 4. The molecular weight excluding hydrogens is 534 g/mol. The minimum Gasteiger partial charge on any atom is -0.390 e. The number of hydrogen-bond acceptors (Lipinski definition) is 15. The minimum atomic E-state index is -1.76. The molecule has 226 valence electrons. The van der Waals surface area contributed by atoms with Gasteiger partial charge in [0.15, 0.2) is 6.29 Å². The molecule has 4 aliphatic heterocycles. The summed E-state index contributed by atoms with van der Waals surface area (Å²) in [4.78, 5) is 57.9. The van der Waals surface area contributed by atoms with Crippen LogP contribution in [0.1, 0.15) is 6.92 Å². The number of fused-ring (bicyclic) bond motifs is 7. The van der Waals surface area contributed by atoms with Gasteiger partial charge in [-0.2, -0.15) is 0 Å². The number of carbonyl (C=O) groups is 4. The summed E-state index contributed by atoms with van der Waals surface area (Å²) in [6.07, 6.45) is -4.70. The van der Waals surface area contributed by atoms with Gasteiger partial charge >= 0.3 is 24.4 Å². The maximum Gasteiger partial charge on any atom is 0.412 e. The first kappa shape index (κ1) is 30.5. The second kappa shape index (κ2) is 14.0. The quantitative estimate of drug-likeness (QED) is 0.235. The van der Waals surface area contributed by atoms with Crippen LogP contribution in [0.4, 0.5) is 0 Å². The molecule has 16 nitrogen and oxygen atoms in total. The number of carbonyl (C=O) groups excluding carboxylic acids is 4. The Morgan fingerprint density at radius 1 is 0.775 bits per heavy atom. The number of nitrogens with one attached hydrogen (secondary N) is 1. The Morgan fingerprint density at radius 2 is 1.23 bits per heavy atom. The van der Waals surface area contributed by atoms with Crippen LogP contribution in [0.25, 0.3) is 0 Å². The van der Waals surface area contributed by atoms with Crippen molar-refractivity contribution in [3.8, 4) is 0 Å². The molecule has 3 unspecified atom stereocenters. The SMILES string of the molecule is C[C@H]1C(O)O[C@H](CNC(=O)CN2CCN3CCN4CCN(CC2)CC(=O)OC(OC(=O)C3)OC(=O)C4)[C@@H](O)[C@@H]1O. The number of esters is 3. The van der Waals surface area contributed by atoms with Crippen molar-refractivity contribution in [3.63, 3.8) is 0 Å². The van der Waals surface area contributed by atoms with E-state index in [2.05, 4.69) is 5.32 Å². The third kappa shape index (κ3) is 8.53. The highest BCUT2D eigenvalue weighted by Gasteiger charge is 2.41. The fourth-order valence-electron chi connectivity index (χ4n) is 4.99. The van der Waals surface area contributed by atoms with Gasteiger partial charge in [-0.25, -0.2) is 0 Å². The summed E-state index contributed by atoms with van der Waals surface area (Å²) in [7, 11) is 0. The van der Waals surface area contributed by atoms with Crippen LogP contribution >= 0.6 is 0 Å². The lowest BCUT2D eigenvalue weighted by molar-refractivity contribution is -0.258. The highest BCUT2D eigenvalue weighted by atomic mass is 16.9. The standard InChI is InChI=1S/C24H39N5O11/c1-15-21(34)22(35)16(37-23(15)36)10-25-17(30)11-26-2-4-27-6-8-29-9-7-28(5-3-26)13-19(32)39-24(38-18(31)12-27)40-20(33)14-29/h15-16,21-24,34-36H,2-14H2,1H3,(H,25,30)/t15-,16-,21-,22-,23?/m1/s1. The maximum atomic E-state index is 12.8. The third-order valence-electron chi connectivity index (χ3n) is 7.57. The molecule has 0 aromatic heterocycles. The van der Waals surface area contributed by atoms with Gasteiger partial charge in [0.2, 0.25) is 5.91 Å². The zero-order valence-corrected chi connectivity index (χ0v) is 22.6. The van der Waals surface area contributed by atoms with Gasteiger partial charge in [-0.15, -0.1) is 0 Å². The lowest BCUT2D eigenvalue weighted by atomic mass is 9.92. The predicted octanol–water partition coefficient (Wildman–Crippen LogP) is -4.66. The van der Waals surface area contributed by atoms with Gasteiger partial charge in [-0.05, 0) is 0 Å². The van der Waals surface area contributed by atoms with Crippen LogP contribution < -0.4 is 5.32 Å². The van der Waals surface area contributed by atoms with E-state index < -0.39 is 54.9 Å². The van der Waals surface area contributed by atoms with Crippen LogP contribution in [0.3, 0.4) is 0 Å². The van der Waals surface area contributed by atoms with Crippen LogP contribution in [-0.4, -0.2) is 175 Å². The normalized spacial score (nSPS) is 38.5. The molecule has 0 aliphatic carbocycles. The van der Waals surface area contributed by atoms with Crippen molar-refractivity contribution in [2.75, 3.05) is 85.1 Å². The average Bonchev–Trinajstić information content (AvgIpc) is 2.93. The minimum absolute atomic E-state index is 0.0164. The van der Waals surface area contributed by atoms with E-state index in [1.165, 1.54) is 0 Å². The van der Waals surface area contributed by atoms with Crippen molar-refractivity contribution in [2.24, 2.45) is 5.92 Å². The predicted molar refractivity (Wildman–Crippen MR) is 133 cm³/mol. The Bertz CT molecular complexity index is 890. The lowest BCUT2D eigenvalue weighted by Crippen LogP contribution is -2.57. The van der Waals surface area contributed by atoms with Crippen molar-refractivity contribution in [1.29, 1.82) is 0 Å². The van der Waals surface area contributed by atoms with E-state index in [0.717, 1.165) is 0 Å². The number of nitrogens with zero attached hydrogens (tertiary/aromatic N) is 4. The Balaban J connectivity index is 1.43. The molecule has 4 fully saturated rings. The summed E-state index contributed by atoms with van der Waals surface area (Å²) < 4.78 is 20.8. The average molecular weight is 574 g/mol. The summed E-state index contributed by atoms with van der Waals surface area (Å²) >= 11 is 0. The molecule has 4 rings (SSSR count). The van der Waals surface area contributed by atoms with Gasteiger partial charge in [0.1, 0.15) is 12.2 Å².